The molecule has 0 radical (unpaired) electrons. The number of rotatable bonds is 2. The number of aliphatic hydroxyl groups excluding tert-OH is 1. The van der Waals surface area contributed by atoms with Crippen molar-refractivity contribution in [3.8, 4) is 0 Å². The van der Waals surface area contributed by atoms with Gasteiger partial charge in [-0.1, -0.05) is 12.8 Å². The topological polar surface area (TPSA) is 52.9 Å². The van der Waals surface area contributed by atoms with Gasteiger partial charge in [0, 0.05) is 13.1 Å². The van der Waals surface area contributed by atoms with E-state index >= 15 is 0 Å². The molecular formula is C12H21NO3. The van der Waals surface area contributed by atoms with Gasteiger partial charge in [-0.2, -0.15) is 0 Å². The van der Waals surface area contributed by atoms with E-state index in [1.54, 1.807) is 0 Å². The molecule has 3 fully saturated rings. The zero-order chi connectivity index (χ0) is 11.2. The highest BCUT2D eigenvalue weighted by atomic mass is 16.5. The molecule has 4 heteroatoms. The molecule has 2 saturated heterocycles. The number of likely N-dealkylation sites (tertiary alicyclic amines) is 1. The van der Waals surface area contributed by atoms with Crippen molar-refractivity contribution < 1.29 is 14.9 Å². The maximum absolute atomic E-state index is 10.5. The van der Waals surface area contributed by atoms with Crippen LogP contribution in [0.4, 0.5) is 0 Å². The van der Waals surface area contributed by atoms with Gasteiger partial charge in [-0.05, 0) is 18.8 Å². The van der Waals surface area contributed by atoms with Gasteiger partial charge < -0.3 is 14.9 Å². The van der Waals surface area contributed by atoms with Crippen LogP contribution in [0.2, 0.25) is 0 Å². The molecule has 3 aliphatic rings. The lowest BCUT2D eigenvalue weighted by molar-refractivity contribution is -0.156. The Bertz CT molecular complexity index is 259. The van der Waals surface area contributed by atoms with Crippen LogP contribution in [0, 0.1) is 5.92 Å². The normalized spacial score (nSPS) is 40.1. The van der Waals surface area contributed by atoms with Crippen LogP contribution < -0.4 is 0 Å². The van der Waals surface area contributed by atoms with Crippen molar-refractivity contribution in [1.82, 2.24) is 4.90 Å². The molecule has 4 nitrogen and oxygen atoms in total. The summed E-state index contributed by atoms with van der Waals surface area (Å²) in [6, 6.07) is 0.113. The Morgan fingerprint density at radius 1 is 1.12 bits per heavy atom. The number of hydrogen-bond acceptors (Lipinski definition) is 4. The van der Waals surface area contributed by atoms with Crippen molar-refractivity contribution in [2.75, 3.05) is 26.3 Å². The van der Waals surface area contributed by atoms with Gasteiger partial charge in [0.25, 0.3) is 0 Å². The average molecular weight is 227 g/mol. The van der Waals surface area contributed by atoms with E-state index in [2.05, 4.69) is 4.90 Å². The maximum atomic E-state index is 10.5. The lowest BCUT2D eigenvalue weighted by Gasteiger charge is -2.52. The Kier molecular flexibility index (Phi) is 2.70. The van der Waals surface area contributed by atoms with Crippen molar-refractivity contribution in [3.63, 3.8) is 0 Å². The molecule has 0 bridgehead atoms. The SMILES string of the molecule is O[C@@H]1COC[C@H]1N1CC(O)(C2CCCC2)C1. The van der Waals surface area contributed by atoms with Crippen LogP contribution in [0.3, 0.4) is 0 Å². The molecule has 2 N–H and O–H groups in total. The molecule has 0 aromatic rings. The number of ether oxygens (including phenoxy) is 1. The number of nitrogens with zero attached hydrogens (tertiary/aromatic N) is 1. The van der Waals surface area contributed by atoms with Gasteiger partial charge >= 0.3 is 0 Å². The summed E-state index contributed by atoms with van der Waals surface area (Å²) in [5.74, 6) is 0.489. The van der Waals surface area contributed by atoms with E-state index in [9.17, 15) is 10.2 Å². The first kappa shape index (κ1) is 11.0. The van der Waals surface area contributed by atoms with Gasteiger partial charge in [0.2, 0.25) is 0 Å². The Morgan fingerprint density at radius 3 is 2.38 bits per heavy atom. The first-order chi connectivity index (χ1) is 7.69. The second-order valence-electron chi connectivity index (χ2n) is 5.66. The first-order valence-electron chi connectivity index (χ1n) is 6.41. The molecule has 2 atom stereocenters. The Labute approximate surface area is 96.2 Å². The van der Waals surface area contributed by atoms with Crippen molar-refractivity contribution in [3.05, 3.63) is 0 Å². The average Bonchev–Trinajstić information content (AvgIpc) is 2.83. The third-order valence-corrected chi connectivity index (χ3v) is 4.56. The van der Waals surface area contributed by atoms with E-state index < -0.39 is 5.60 Å². The van der Waals surface area contributed by atoms with Crippen LogP contribution in [0.25, 0.3) is 0 Å². The van der Waals surface area contributed by atoms with Crippen molar-refractivity contribution in [2.45, 2.75) is 43.4 Å². The summed E-state index contributed by atoms with van der Waals surface area (Å²) >= 11 is 0. The summed E-state index contributed by atoms with van der Waals surface area (Å²) in [7, 11) is 0. The summed E-state index contributed by atoms with van der Waals surface area (Å²) in [5.41, 5.74) is -0.473. The molecule has 16 heavy (non-hydrogen) atoms. The van der Waals surface area contributed by atoms with E-state index in [0.717, 1.165) is 13.1 Å². The summed E-state index contributed by atoms with van der Waals surface area (Å²) in [6.07, 6.45) is 4.51. The van der Waals surface area contributed by atoms with Crippen LogP contribution in [-0.4, -0.2) is 59.2 Å². The van der Waals surface area contributed by atoms with E-state index in [1.807, 2.05) is 0 Å². The van der Waals surface area contributed by atoms with Crippen molar-refractivity contribution >= 4 is 0 Å². The molecular weight excluding hydrogens is 206 g/mol. The Hall–Kier alpha value is -0.160. The molecule has 2 heterocycles. The van der Waals surface area contributed by atoms with Crippen LogP contribution in [0.15, 0.2) is 0 Å². The Balaban J connectivity index is 1.56. The summed E-state index contributed by atoms with van der Waals surface area (Å²) in [4.78, 5) is 2.18. The minimum Gasteiger partial charge on any atom is -0.389 e. The molecule has 0 amide bonds. The fraction of sp³-hybridized carbons (Fsp3) is 1.00. The molecule has 92 valence electrons. The van der Waals surface area contributed by atoms with Gasteiger partial charge in [0.15, 0.2) is 0 Å². The molecule has 3 rings (SSSR count). The van der Waals surface area contributed by atoms with Crippen LogP contribution in [-0.2, 0) is 4.74 Å². The standard InChI is InChI=1S/C12H21NO3/c14-11-6-16-5-10(11)13-7-12(15,8-13)9-3-1-2-4-9/h9-11,14-15H,1-8H2/t10-,11-/m1/s1. The van der Waals surface area contributed by atoms with Crippen LogP contribution in [0.1, 0.15) is 25.7 Å². The summed E-state index contributed by atoms with van der Waals surface area (Å²) in [6.45, 7) is 2.51. The van der Waals surface area contributed by atoms with Crippen molar-refractivity contribution in [1.29, 1.82) is 0 Å². The molecule has 0 aromatic heterocycles. The molecule has 0 aromatic carbocycles. The van der Waals surface area contributed by atoms with Gasteiger partial charge in [-0.25, -0.2) is 0 Å². The minimum absolute atomic E-state index is 0.113. The van der Waals surface area contributed by atoms with Gasteiger partial charge in [0.05, 0.1) is 31.0 Å². The quantitative estimate of drug-likeness (QED) is 0.696. The zero-order valence-electron chi connectivity index (χ0n) is 9.64. The summed E-state index contributed by atoms with van der Waals surface area (Å²) < 4.78 is 5.25. The predicted molar refractivity (Wildman–Crippen MR) is 59.1 cm³/mol. The summed E-state index contributed by atoms with van der Waals surface area (Å²) in [5, 5.41) is 20.2. The van der Waals surface area contributed by atoms with Gasteiger partial charge in [0.1, 0.15) is 0 Å². The highest BCUT2D eigenvalue weighted by molar-refractivity contribution is 5.05. The molecule has 2 aliphatic heterocycles. The monoisotopic (exact) mass is 227 g/mol. The maximum Gasteiger partial charge on any atom is 0.0950 e. The highest BCUT2D eigenvalue weighted by Crippen LogP contribution is 2.40. The number of β-amino-alcohol motifs (C(OH)–C–C–N with tert-alkyl or cyclic N) is 1. The molecule has 0 spiro atoms. The third kappa shape index (κ3) is 1.68. The van der Waals surface area contributed by atoms with E-state index in [0.29, 0.717) is 19.1 Å². The fourth-order valence-corrected chi connectivity index (χ4v) is 3.49. The second kappa shape index (κ2) is 3.95. The third-order valence-electron chi connectivity index (χ3n) is 4.56. The van der Waals surface area contributed by atoms with Crippen LogP contribution >= 0.6 is 0 Å². The molecule has 1 saturated carbocycles. The van der Waals surface area contributed by atoms with Crippen LogP contribution in [0.5, 0.6) is 0 Å². The fourth-order valence-electron chi connectivity index (χ4n) is 3.49. The van der Waals surface area contributed by atoms with Gasteiger partial charge in [-0.3, -0.25) is 4.90 Å². The van der Waals surface area contributed by atoms with E-state index in [-0.39, 0.29) is 12.1 Å². The van der Waals surface area contributed by atoms with E-state index in [4.69, 9.17) is 4.74 Å². The lowest BCUT2D eigenvalue weighted by Crippen LogP contribution is -2.69. The van der Waals surface area contributed by atoms with Crippen molar-refractivity contribution in [2.24, 2.45) is 5.92 Å². The largest absolute Gasteiger partial charge is 0.389 e. The smallest absolute Gasteiger partial charge is 0.0950 e. The number of hydrogen-bond donors (Lipinski definition) is 2. The zero-order valence-corrected chi connectivity index (χ0v) is 9.64. The van der Waals surface area contributed by atoms with E-state index in [1.165, 1.54) is 25.7 Å². The lowest BCUT2D eigenvalue weighted by atomic mass is 9.78. The predicted octanol–water partition coefficient (Wildman–Crippen LogP) is -0.0170. The molecule has 0 unspecified atom stereocenters. The first-order valence-corrected chi connectivity index (χ1v) is 6.41. The highest BCUT2D eigenvalue weighted by Gasteiger charge is 2.51. The Morgan fingerprint density at radius 2 is 1.81 bits per heavy atom. The molecule has 1 aliphatic carbocycles. The minimum atomic E-state index is -0.473. The number of aliphatic hydroxyl groups is 2. The van der Waals surface area contributed by atoms with Gasteiger partial charge in [-0.15, -0.1) is 0 Å². The second-order valence-corrected chi connectivity index (χ2v) is 5.66.